The highest BCUT2D eigenvalue weighted by atomic mass is 19.2. The summed E-state index contributed by atoms with van der Waals surface area (Å²) in [5.74, 6) is -10.6. The molecule has 0 bridgehead atoms. The molecular formula is C14H11F5O2. The maximum absolute atomic E-state index is 12.6. The summed E-state index contributed by atoms with van der Waals surface area (Å²) in [7, 11) is 2.47. The van der Waals surface area contributed by atoms with Gasteiger partial charge in [-0.25, -0.2) is 13.2 Å². The van der Waals surface area contributed by atoms with Gasteiger partial charge in [-0.05, 0) is 12.1 Å². The highest BCUT2D eigenvalue weighted by Gasteiger charge is 2.26. The average molecular weight is 306 g/mol. The minimum Gasteiger partial charge on any atom is -0.497 e. The Morgan fingerprint density at radius 1 is 0.619 bits per heavy atom. The maximum atomic E-state index is 12.6. The molecule has 0 radical (unpaired) electrons. The predicted octanol–water partition coefficient (Wildman–Crippen LogP) is 4.09. The van der Waals surface area contributed by atoms with Crippen molar-refractivity contribution in [2.75, 3.05) is 14.2 Å². The first-order valence-electron chi connectivity index (χ1n) is 5.58. The minimum atomic E-state index is -2.20. The van der Waals surface area contributed by atoms with E-state index in [1.54, 1.807) is 7.11 Å². The molecule has 0 aliphatic carbocycles. The number of methoxy groups -OCH3 is 2. The number of para-hydroxylation sites is 1. The number of hydrogen-bond donors (Lipinski definition) is 0. The Morgan fingerprint density at radius 2 is 1.05 bits per heavy atom. The molecule has 2 rings (SSSR count). The van der Waals surface area contributed by atoms with Gasteiger partial charge in [-0.2, -0.15) is 8.78 Å². The normalized spacial score (nSPS) is 9.67. The van der Waals surface area contributed by atoms with E-state index < -0.39 is 34.8 Å². The van der Waals surface area contributed by atoms with Crippen molar-refractivity contribution >= 4 is 0 Å². The lowest BCUT2D eigenvalue weighted by Crippen LogP contribution is -2.04. The topological polar surface area (TPSA) is 18.5 Å². The van der Waals surface area contributed by atoms with Crippen LogP contribution in [0.3, 0.4) is 0 Å². The molecule has 114 valence electrons. The predicted molar refractivity (Wildman–Crippen MR) is 65.8 cm³/mol. The van der Waals surface area contributed by atoms with E-state index in [9.17, 15) is 22.0 Å². The minimum absolute atomic E-state index is 0.804. The molecule has 0 spiro atoms. The molecule has 2 aromatic rings. The smallest absolute Gasteiger partial charge is 0.206 e. The van der Waals surface area contributed by atoms with Gasteiger partial charge in [-0.1, -0.05) is 18.2 Å². The highest BCUT2D eigenvalue weighted by Crippen LogP contribution is 2.28. The molecule has 0 saturated heterocycles. The fourth-order valence-electron chi connectivity index (χ4n) is 1.32. The van der Waals surface area contributed by atoms with E-state index >= 15 is 0 Å². The van der Waals surface area contributed by atoms with E-state index in [-0.39, 0.29) is 0 Å². The van der Waals surface area contributed by atoms with Crippen molar-refractivity contribution in [2.24, 2.45) is 0 Å². The van der Waals surface area contributed by atoms with E-state index in [1.807, 2.05) is 30.3 Å². The Hall–Kier alpha value is -2.31. The molecule has 0 N–H and O–H groups in total. The van der Waals surface area contributed by atoms with E-state index in [0.29, 0.717) is 0 Å². The monoisotopic (exact) mass is 306 g/mol. The molecule has 0 aliphatic rings. The zero-order valence-corrected chi connectivity index (χ0v) is 11.1. The molecule has 0 aliphatic heterocycles. The summed E-state index contributed by atoms with van der Waals surface area (Å²) in [6.07, 6.45) is 0. The van der Waals surface area contributed by atoms with Crippen LogP contribution >= 0.6 is 0 Å². The molecule has 0 fully saturated rings. The third-order valence-corrected chi connectivity index (χ3v) is 2.35. The Balaban J connectivity index is 0.000000235. The van der Waals surface area contributed by atoms with Crippen molar-refractivity contribution in [3.8, 4) is 11.5 Å². The van der Waals surface area contributed by atoms with E-state index in [4.69, 9.17) is 4.74 Å². The maximum Gasteiger partial charge on any atom is 0.206 e. The lowest BCUT2D eigenvalue weighted by molar-refractivity contribution is 0.310. The van der Waals surface area contributed by atoms with Crippen LogP contribution in [0.2, 0.25) is 0 Å². The quantitative estimate of drug-likeness (QED) is 0.473. The molecule has 2 aromatic carbocycles. The molecule has 2 nitrogen and oxygen atoms in total. The molecule has 0 aromatic heterocycles. The zero-order chi connectivity index (χ0) is 16.0. The van der Waals surface area contributed by atoms with E-state index in [0.717, 1.165) is 12.9 Å². The molecule has 7 heteroatoms. The summed E-state index contributed by atoms with van der Waals surface area (Å²) < 4.78 is 71.1. The lowest BCUT2D eigenvalue weighted by Gasteiger charge is -2.05. The Kier molecular flexibility index (Phi) is 5.95. The van der Waals surface area contributed by atoms with Crippen LogP contribution in [-0.4, -0.2) is 14.2 Å². The lowest BCUT2D eigenvalue weighted by atomic mass is 10.3. The van der Waals surface area contributed by atoms with Crippen LogP contribution in [0.4, 0.5) is 22.0 Å². The molecule has 0 amide bonds. The number of hydrogen-bond acceptors (Lipinski definition) is 2. The first kappa shape index (κ1) is 16.7. The number of rotatable bonds is 2. The second kappa shape index (κ2) is 7.47. The van der Waals surface area contributed by atoms with E-state index in [1.165, 1.54) is 0 Å². The largest absolute Gasteiger partial charge is 0.497 e. The fraction of sp³-hybridized carbons (Fsp3) is 0.143. The summed E-state index contributed by atoms with van der Waals surface area (Å²) in [6, 6.07) is 9.68. The van der Waals surface area contributed by atoms with Crippen molar-refractivity contribution in [2.45, 2.75) is 0 Å². The van der Waals surface area contributed by atoms with Crippen LogP contribution in [0.25, 0.3) is 0 Å². The van der Waals surface area contributed by atoms with Gasteiger partial charge in [0.05, 0.1) is 14.2 Å². The van der Waals surface area contributed by atoms with Crippen molar-refractivity contribution in [1.29, 1.82) is 0 Å². The summed E-state index contributed by atoms with van der Waals surface area (Å²) >= 11 is 0. The Bertz CT molecular complexity index is 573. The van der Waals surface area contributed by atoms with Crippen LogP contribution in [0.15, 0.2) is 30.3 Å². The SMILES string of the molecule is COc1c(F)c(F)c(F)c(F)c1F.COc1ccccc1. The first-order valence-corrected chi connectivity index (χ1v) is 5.58. The van der Waals surface area contributed by atoms with Gasteiger partial charge in [0.15, 0.2) is 5.75 Å². The Morgan fingerprint density at radius 3 is 1.38 bits per heavy atom. The fourth-order valence-corrected chi connectivity index (χ4v) is 1.32. The average Bonchev–Trinajstić information content (AvgIpc) is 2.53. The molecule has 21 heavy (non-hydrogen) atoms. The standard InChI is InChI=1S/C7H3F5O.C7H8O/c1-13-7-5(11)3(9)2(8)4(10)6(7)12;1-8-7-5-3-2-4-6-7/h1H3;2-6H,1H3. The molecular weight excluding hydrogens is 295 g/mol. The number of benzene rings is 2. The third-order valence-electron chi connectivity index (χ3n) is 2.35. The van der Waals surface area contributed by atoms with Gasteiger partial charge in [-0.15, -0.1) is 0 Å². The number of halogens is 5. The molecule has 0 saturated carbocycles. The van der Waals surface area contributed by atoms with Gasteiger partial charge in [0.25, 0.3) is 0 Å². The summed E-state index contributed by atoms with van der Waals surface area (Å²) in [5.41, 5.74) is 0. The van der Waals surface area contributed by atoms with Crippen LogP contribution < -0.4 is 9.47 Å². The van der Waals surface area contributed by atoms with Crippen LogP contribution in [0.5, 0.6) is 11.5 Å². The van der Waals surface area contributed by atoms with Gasteiger partial charge < -0.3 is 9.47 Å². The van der Waals surface area contributed by atoms with Gasteiger partial charge >= 0.3 is 0 Å². The third kappa shape index (κ3) is 3.84. The van der Waals surface area contributed by atoms with Crippen LogP contribution in [-0.2, 0) is 0 Å². The molecule has 0 unspecified atom stereocenters. The van der Waals surface area contributed by atoms with Crippen molar-refractivity contribution in [3.63, 3.8) is 0 Å². The summed E-state index contributed by atoms with van der Waals surface area (Å²) in [4.78, 5) is 0. The number of ether oxygens (including phenoxy) is 2. The molecule has 0 atom stereocenters. The van der Waals surface area contributed by atoms with Gasteiger partial charge in [0, 0.05) is 0 Å². The zero-order valence-electron chi connectivity index (χ0n) is 11.1. The first-order chi connectivity index (χ1) is 9.93. The van der Waals surface area contributed by atoms with Crippen molar-refractivity contribution < 1.29 is 31.4 Å². The second-order valence-corrected chi connectivity index (χ2v) is 3.62. The molecule has 0 heterocycles. The van der Waals surface area contributed by atoms with Crippen LogP contribution in [0, 0.1) is 29.1 Å². The van der Waals surface area contributed by atoms with Gasteiger partial charge in [0.1, 0.15) is 5.75 Å². The second-order valence-electron chi connectivity index (χ2n) is 3.62. The van der Waals surface area contributed by atoms with E-state index in [2.05, 4.69) is 4.74 Å². The van der Waals surface area contributed by atoms with Gasteiger partial charge in [0.2, 0.25) is 29.1 Å². The van der Waals surface area contributed by atoms with Crippen molar-refractivity contribution in [1.82, 2.24) is 0 Å². The van der Waals surface area contributed by atoms with Gasteiger partial charge in [-0.3, -0.25) is 0 Å². The highest BCUT2D eigenvalue weighted by molar-refractivity contribution is 5.29. The summed E-state index contributed by atoms with van der Waals surface area (Å²) in [6.45, 7) is 0. The van der Waals surface area contributed by atoms with Crippen LogP contribution in [0.1, 0.15) is 0 Å². The van der Waals surface area contributed by atoms with Crippen molar-refractivity contribution in [3.05, 3.63) is 59.4 Å². The summed E-state index contributed by atoms with van der Waals surface area (Å²) in [5, 5.41) is 0. The Labute approximate surface area is 117 Å².